The van der Waals surface area contributed by atoms with Crippen molar-refractivity contribution in [1.82, 2.24) is 0 Å². The zero-order chi connectivity index (χ0) is 38.8. The molecule has 0 aliphatic carbocycles. The van der Waals surface area contributed by atoms with Crippen molar-refractivity contribution in [3.63, 3.8) is 0 Å². The number of aliphatic hydroxyl groups is 4. The molecule has 0 spiro atoms. The number of carbonyl (C=O) groups is 2. The van der Waals surface area contributed by atoms with Gasteiger partial charge in [-0.05, 0) is 38.5 Å². The molecule has 10 heteroatoms. The summed E-state index contributed by atoms with van der Waals surface area (Å²) in [5.74, 6) is -0.817. The molecule has 10 nitrogen and oxygen atoms in total. The Labute approximate surface area is 322 Å². The zero-order valence-corrected chi connectivity index (χ0v) is 33.8. The van der Waals surface area contributed by atoms with Gasteiger partial charge in [0.15, 0.2) is 12.4 Å². The lowest BCUT2D eigenvalue weighted by Crippen LogP contribution is -2.59. The first-order valence-electron chi connectivity index (χ1n) is 21.8. The molecule has 0 saturated carbocycles. The maximum absolute atomic E-state index is 12.7. The summed E-state index contributed by atoms with van der Waals surface area (Å²) < 4.78 is 22.1. The molecule has 1 fully saturated rings. The van der Waals surface area contributed by atoms with E-state index < -0.39 is 49.4 Å². The fourth-order valence-electron chi connectivity index (χ4n) is 6.65. The third kappa shape index (κ3) is 26.8. The molecule has 1 rings (SSSR count). The van der Waals surface area contributed by atoms with Crippen molar-refractivity contribution in [2.75, 3.05) is 19.8 Å². The van der Waals surface area contributed by atoms with E-state index in [1.54, 1.807) is 0 Å². The third-order valence-corrected chi connectivity index (χ3v) is 10.2. The van der Waals surface area contributed by atoms with Gasteiger partial charge in [0.2, 0.25) is 0 Å². The topological polar surface area (TPSA) is 152 Å². The first kappa shape index (κ1) is 49.5. The van der Waals surface area contributed by atoms with Crippen LogP contribution in [0.4, 0.5) is 0 Å². The smallest absolute Gasteiger partial charge is 0.306 e. The number of carbonyl (C=O) groups excluding carboxylic acids is 2. The Morgan fingerprint density at radius 2 is 1.00 bits per heavy atom. The van der Waals surface area contributed by atoms with Gasteiger partial charge in [-0.15, -0.1) is 0 Å². The van der Waals surface area contributed by atoms with Gasteiger partial charge >= 0.3 is 11.9 Å². The van der Waals surface area contributed by atoms with Crippen LogP contribution in [-0.4, -0.2) is 89.0 Å². The Morgan fingerprint density at radius 3 is 1.49 bits per heavy atom. The van der Waals surface area contributed by atoms with E-state index in [1.807, 2.05) is 0 Å². The second kappa shape index (κ2) is 34.9. The van der Waals surface area contributed by atoms with E-state index in [1.165, 1.54) is 109 Å². The van der Waals surface area contributed by atoms with Crippen LogP contribution in [0.1, 0.15) is 194 Å². The van der Waals surface area contributed by atoms with Gasteiger partial charge in [0.25, 0.3) is 0 Å². The Morgan fingerprint density at radius 1 is 0.566 bits per heavy atom. The molecule has 1 heterocycles. The zero-order valence-electron chi connectivity index (χ0n) is 33.8. The molecule has 0 amide bonds. The SMILES string of the molecule is CCCCCCCCCC/C=C/CCCCCC(=O)OC[C@@H](CO[C@H]1O[C@@H](CO)[C@@H](O)C(O)C1O)OC(=O)CCCCCCCCCCCCCCC. The number of esters is 2. The lowest BCUT2D eigenvalue weighted by atomic mass is 9.99. The van der Waals surface area contributed by atoms with Crippen LogP contribution in [0.3, 0.4) is 0 Å². The van der Waals surface area contributed by atoms with Crippen LogP contribution < -0.4 is 0 Å². The molecule has 53 heavy (non-hydrogen) atoms. The lowest BCUT2D eigenvalue weighted by molar-refractivity contribution is -0.305. The molecule has 0 radical (unpaired) electrons. The minimum Gasteiger partial charge on any atom is -0.462 e. The van der Waals surface area contributed by atoms with Crippen LogP contribution in [0.5, 0.6) is 0 Å². The molecule has 0 aromatic rings. The number of rotatable bonds is 36. The van der Waals surface area contributed by atoms with Crippen molar-refractivity contribution in [1.29, 1.82) is 0 Å². The molecule has 0 aromatic carbocycles. The van der Waals surface area contributed by atoms with Crippen molar-refractivity contribution >= 4 is 11.9 Å². The van der Waals surface area contributed by atoms with Crippen molar-refractivity contribution in [2.24, 2.45) is 0 Å². The van der Waals surface area contributed by atoms with Crippen LogP contribution in [-0.2, 0) is 28.5 Å². The molecule has 6 atom stereocenters. The summed E-state index contributed by atoms with van der Waals surface area (Å²) in [6.45, 7) is 3.41. The summed E-state index contributed by atoms with van der Waals surface area (Å²) in [6, 6.07) is 0. The second-order valence-electron chi connectivity index (χ2n) is 15.2. The summed E-state index contributed by atoms with van der Waals surface area (Å²) in [5.41, 5.74) is 0. The molecular weight excluding hydrogens is 676 g/mol. The average molecular weight is 757 g/mol. The largest absolute Gasteiger partial charge is 0.462 e. The van der Waals surface area contributed by atoms with Gasteiger partial charge in [0.05, 0.1) is 13.2 Å². The van der Waals surface area contributed by atoms with Crippen molar-refractivity contribution in [3.8, 4) is 0 Å². The lowest BCUT2D eigenvalue weighted by Gasteiger charge is -2.39. The molecule has 4 N–H and O–H groups in total. The number of hydrogen-bond donors (Lipinski definition) is 4. The summed E-state index contributed by atoms with van der Waals surface area (Å²) in [6.07, 6.45) is 27.9. The number of ether oxygens (including phenoxy) is 4. The monoisotopic (exact) mass is 757 g/mol. The molecule has 1 saturated heterocycles. The van der Waals surface area contributed by atoms with Gasteiger partial charge in [-0.25, -0.2) is 0 Å². The predicted molar refractivity (Wildman–Crippen MR) is 210 cm³/mol. The van der Waals surface area contributed by atoms with E-state index in [4.69, 9.17) is 18.9 Å². The second-order valence-corrected chi connectivity index (χ2v) is 15.2. The maximum Gasteiger partial charge on any atom is 0.306 e. The quantitative estimate of drug-likeness (QED) is 0.0277. The minimum atomic E-state index is -1.59. The van der Waals surface area contributed by atoms with E-state index in [0.29, 0.717) is 12.8 Å². The highest BCUT2D eigenvalue weighted by atomic mass is 16.7. The first-order valence-corrected chi connectivity index (χ1v) is 21.8. The van der Waals surface area contributed by atoms with E-state index in [9.17, 15) is 30.0 Å². The van der Waals surface area contributed by atoms with Gasteiger partial charge in [0, 0.05) is 12.8 Å². The van der Waals surface area contributed by atoms with E-state index in [0.717, 1.165) is 44.9 Å². The van der Waals surface area contributed by atoms with Crippen LogP contribution >= 0.6 is 0 Å². The molecule has 0 bridgehead atoms. The standard InChI is InChI=1S/C43H80O10/c1-3-5-7-9-11-13-15-17-18-20-21-23-25-27-29-31-38(45)50-34-36(35-51-43-42(49)41(48)40(47)37(33-44)53-43)52-39(46)32-30-28-26-24-22-19-16-14-12-10-8-6-4-2/h20-21,36-37,40-44,47-49H,3-19,22-35H2,1-2H3/b21-20+/t36-,37-,40+,41?,42?,43-/m0/s1. The van der Waals surface area contributed by atoms with Gasteiger partial charge in [-0.2, -0.15) is 0 Å². The van der Waals surface area contributed by atoms with Gasteiger partial charge < -0.3 is 39.4 Å². The van der Waals surface area contributed by atoms with Gasteiger partial charge in [-0.3, -0.25) is 9.59 Å². The van der Waals surface area contributed by atoms with Gasteiger partial charge in [0.1, 0.15) is 31.0 Å². The molecule has 312 valence electrons. The summed E-state index contributed by atoms with van der Waals surface area (Å²) in [4.78, 5) is 25.3. The minimum absolute atomic E-state index is 0.220. The predicted octanol–water partition coefficient (Wildman–Crippen LogP) is 8.78. The highest BCUT2D eigenvalue weighted by molar-refractivity contribution is 5.70. The number of aliphatic hydroxyl groups excluding tert-OH is 4. The Hall–Kier alpha value is -1.56. The van der Waals surface area contributed by atoms with Crippen LogP contribution in [0.2, 0.25) is 0 Å². The Balaban J connectivity index is 2.35. The third-order valence-electron chi connectivity index (χ3n) is 10.2. The summed E-state index contributed by atoms with van der Waals surface area (Å²) in [5, 5.41) is 40.0. The van der Waals surface area contributed by atoms with Crippen molar-refractivity contribution in [2.45, 2.75) is 230 Å². The summed E-state index contributed by atoms with van der Waals surface area (Å²) in [7, 11) is 0. The number of hydrogen-bond acceptors (Lipinski definition) is 10. The average Bonchev–Trinajstić information content (AvgIpc) is 3.15. The first-order chi connectivity index (χ1) is 25.8. The maximum atomic E-state index is 12.7. The highest BCUT2D eigenvalue weighted by Gasteiger charge is 2.44. The molecule has 2 unspecified atom stereocenters. The molecule has 1 aliphatic rings. The van der Waals surface area contributed by atoms with Crippen molar-refractivity contribution in [3.05, 3.63) is 12.2 Å². The Kier molecular flexibility index (Phi) is 32.6. The van der Waals surface area contributed by atoms with Crippen LogP contribution in [0, 0.1) is 0 Å². The molecule has 0 aromatic heterocycles. The van der Waals surface area contributed by atoms with Gasteiger partial charge in [-0.1, -0.05) is 154 Å². The van der Waals surface area contributed by atoms with E-state index in [-0.39, 0.29) is 32.0 Å². The normalized spacial score (nSPS) is 20.9. The van der Waals surface area contributed by atoms with Crippen LogP contribution in [0.25, 0.3) is 0 Å². The number of unbranched alkanes of at least 4 members (excludes halogenated alkanes) is 23. The fraction of sp³-hybridized carbons (Fsp3) is 0.907. The summed E-state index contributed by atoms with van der Waals surface area (Å²) >= 11 is 0. The highest BCUT2D eigenvalue weighted by Crippen LogP contribution is 2.23. The van der Waals surface area contributed by atoms with E-state index >= 15 is 0 Å². The molecular formula is C43H80O10. The fourth-order valence-corrected chi connectivity index (χ4v) is 6.65. The molecule has 1 aliphatic heterocycles. The Bertz CT molecular complexity index is 881. The van der Waals surface area contributed by atoms with Crippen molar-refractivity contribution < 1.29 is 49.0 Å². The number of allylic oxidation sites excluding steroid dienone is 2. The van der Waals surface area contributed by atoms with E-state index in [2.05, 4.69) is 26.0 Å². The van der Waals surface area contributed by atoms with Crippen LogP contribution in [0.15, 0.2) is 12.2 Å².